The third kappa shape index (κ3) is 4.51. The van der Waals surface area contributed by atoms with E-state index in [9.17, 15) is 0 Å². The Kier molecular flexibility index (Phi) is 6.68. The molecule has 0 spiro atoms. The van der Waals surface area contributed by atoms with Crippen LogP contribution in [-0.4, -0.2) is 18.7 Å². The first-order valence-corrected chi connectivity index (χ1v) is 17.5. The standard InChI is InChI=1S/C44H26N4O.Pt/c1-2-13-30(14-3-1)46-29-47(42-24-11-10-23-41(42)46)31-15-12-16-32(27-31)49-33-25-26-37-36-19-7-9-22-40(36)48(43(37)28-33)44-38-20-5-4-17-34(38)35-18-6-8-21-39(35)45-44;/h1-26H;/q-2;. The molecule has 240 valence electrons. The summed E-state index contributed by atoms with van der Waals surface area (Å²) in [5.74, 6) is 2.08. The van der Waals surface area contributed by atoms with Crippen LogP contribution in [-0.2, 0) is 19.4 Å². The maximum absolute atomic E-state index is 6.57. The van der Waals surface area contributed by atoms with Gasteiger partial charge in [0.25, 0.3) is 0 Å². The van der Waals surface area contributed by atoms with Crippen molar-refractivity contribution >= 4 is 54.5 Å². The van der Waals surface area contributed by atoms with Crippen LogP contribution in [0.2, 0.25) is 0 Å². The van der Waals surface area contributed by atoms with E-state index in [0.717, 1.165) is 70.1 Å². The summed E-state index contributed by atoms with van der Waals surface area (Å²) in [5.41, 5.74) is 7.12. The summed E-state index contributed by atoms with van der Waals surface area (Å²) in [4.78, 5) is 5.25. The van der Waals surface area contributed by atoms with Gasteiger partial charge in [0.05, 0.1) is 5.52 Å². The van der Waals surface area contributed by atoms with Crippen molar-refractivity contribution in [2.24, 2.45) is 0 Å². The van der Waals surface area contributed by atoms with E-state index in [1.54, 1.807) is 0 Å². The van der Waals surface area contributed by atoms with Gasteiger partial charge in [-0.3, -0.25) is 0 Å². The first-order chi connectivity index (χ1) is 24.7. The second-order valence-electron chi connectivity index (χ2n) is 12.2. The number of fused-ring (bicyclic) bond motifs is 7. The number of imidazole rings is 1. The van der Waals surface area contributed by atoms with E-state index in [1.807, 2.05) is 30.3 Å². The van der Waals surface area contributed by atoms with Crippen LogP contribution < -0.4 is 4.74 Å². The van der Waals surface area contributed by atoms with Crippen molar-refractivity contribution in [1.82, 2.24) is 18.7 Å². The minimum absolute atomic E-state index is 0.603. The quantitative estimate of drug-likeness (QED) is 0.128. The molecule has 5 nitrogen and oxygen atoms in total. The summed E-state index contributed by atoms with van der Waals surface area (Å²) in [5, 5.41) is 5.60. The van der Waals surface area contributed by atoms with Gasteiger partial charge in [-0.15, -0.1) is 0 Å². The molecule has 0 fully saturated rings. The molecule has 3 aromatic heterocycles. The van der Waals surface area contributed by atoms with Crippen molar-refractivity contribution in [3.05, 3.63) is 174 Å². The van der Waals surface area contributed by atoms with E-state index < -0.39 is 0 Å². The molecule has 0 saturated heterocycles. The van der Waals surface area contributed by atoms with Crippen molar-refractivity contribution in [2.75, 3.05) is 0 Å². The molecule has 0 aliphatic carbocycles. The summed E-state index contributed by atoms with van der Waals surface area (Å²) in [7, 11) is 0. The van der Waals surface area contributed by atoms with Crippen LogP contribution in [0.15, 0.2) is 158 Å². The van der Waals surface area contributed by atoms with Gasteiger partial charge in [-0.05, 0) is 11.5 Å². The van der Waals surface area contributed by atoms with Gasteiger partial charge < -0.3 is 0 Å². The number of aromatic nitrogens is 4. The van der Waals surface area contributed by atoms with Gasteiger partial charge >= 0.3 is 223 Å². The topological polar surface area (TPSA) is 36.9 Å². The van der Waals surface area contributed by atoms with E-state index in [0.29, 0.717) is 11.5 Å². The van der Waals surface area contributed by atoms with Crippen LogP contribution in [0.25, 0.3) is 71.7 Å². The number of rotatable bonds is 5. The average molecular weight is 822 g/mol. The molecule has 10 aromatic rings. The predicted molar refractivity (Wildman–Crippen MR) is 197 cm³/mol. The van der Waals surface area contributed by atoms with Crippen LogP contribution in [0.3, 0.4) is 0 Å². The van der Waals surface area contributed by atoms with Crippen LogP contribution >= 0.6 is 0 Å². The molecular weight excluding hydrogens is 796 g/mol. The van der Waals surface area contributed by atoms with E-state index in [-0.39, 0.29) is 0 Å². The fraction of sp³-hybridized carbons (Fsp3) is 0. The fourth-order valence-electron chi connectivity index (χ4n) is 7.12. The molecule has 0 bridgehead atoms. The number of nitrogens with zero attached hydrogens (tertiary/aromatic N) is 4. The normalized spacial score (nSPS) is 11.7. The summed E-state index contributed by atoms with van der Waals surface area (Å²) < 4.78 is 14.3. The molecule has 0 aliphatic heterocycles. The number of benzene rings is 7. The van der Waals surface area contributed by atoms with Gasteiger partial charge in [-0.2, -0.15) is 0 Å². The molecule has 0 radical (unpaired) electrons. The Labute approximate surface area is 298 Å². The maximum atomic E-state index is 6.57. The molecular formula is C44H26N4OPt-2. The van der Waals surface area contributed by atoms with Crippen molar-refractivity contribution in [3.8, 4) is 28.7 Å². The SMILES string of the molecule is [Pt]=[c]1n(-c2[c-]c(Oc3[c-]c4c(cc3)c3ccccc3n4-c3nc4ccccc4c4ccccc34)ccc2)c2ccccc2n1-c1ccccc1. The Morgan fingerprint density at radius 1 is 0.460 bits per heavy atom. The van der Waals surface area contributed by atoms with E-state index in [2.05, 4.69) is 173 Å². The van der Waals surface area contributed by atoms with Crippen LogP contribution in [0.5, 0.6) is 11.5 Å². The zero-order valence-corrected chi connectivity index (χ0v) is 28.8. The predicted octanol–water partition coefficient (Wildman–Crippen LogP) is 10.7. The number of hydrogen-bond donors (Lipinski definition) is 0. The molecule has 0 saturated carbocycles. The average Bonchev–Trinajstić information content (AvgIpc) is 3.65. The first-order valence-electron chi connectivity index (χ1n) is 16.4. The number of hydrogen-bond acceptors (Lipinski definition) is 2. The second kappa shape index (κ2) is 11.5. The monoisotopic (exact) mass is 821 g/mol. The molecule has 0 unspecified atom stereocenters. The van der Waals surface area contributed by atoms with Crippen molar-refractivity contribution < 1.29 is 24.1 Å². The molecule has 0 atom stereocenters. The number of pyridine rings is 1. The molecule has 6 heteroatoms. The van der Waals surface area contributed by atoms with Crippen molar-refractivity contribution in [3.63, 3.8) is 0 Å². The summed E-state index contributed by atoms with van der Waals surface area (Å²) in [6.07, 6.45) is 0. The fourth-order valence-corrected chi connectivity index (χ4v) is 8.23. The van der Waals surface area contributed by atoms with Crippen LogP contribution in [0.1, 0.15) is 0 Å². The van der Waals surface area contributed by atoms with Crippen LogP contribution in [0.4, 0.5) is 0 Å². The van der Waals surface area contributed by atoms with Gasteiger partial charge in [0.2, 0.25) is 0 Å². The van der Waals surface area contributed by atoms with E-state index >= 15 is 0 Å². The Bertz CT molecular complexity index is 2990. The van der Waals surface area contributed by atoms with E-state index in [4.69, 9.17) is 9.72 Å². The number of ether oxygens (including phenoxy) is 1. The molecule has 3 heterocycles. The Morgan fingerprint density at radius 3 is 1.92 bits per heavy atom. The molecule has 50 heavy (non-hydrogen) atoms. The summed E-state index contributed by atoms with van der Waals surface area (Å²) in [6, 6.07) is 61.5. The molecule has 10 rings (SSSR count). The molecule has 0 amide bonds. The van der Waals surface area contributed by atoms with Gasteiger partial charge in [0.15, 0.2) is 0 Å². The summed E-state index contributed by atoms with van der Waals surface area (Å²) >= 11 is 2.40. The zero-order chi connectivity index (χ0) is 33.2. The minimum atomic E-state index is 0.603. The first kappa shape index (κ1) is 28.9. The molecule has 7 aromatic carbocycles. The Morgan fingerprint density at radius 2 is 1.10 bits per heavy atom. The van der Waals surface area contributed by atoms with E-state index in [1.165, 1.54) is 5.39 Å². The third-order valence-electron chi connectivity index (χ3n) is 9.29. The zero-order valence-electron chi connectivity index (χ0n) is 26.5. The van der Waals surface area contributed by atoms with Crippen LogP contribution in [0, 0.1) is 15.9 Å². The molecule has 0 aliphatic rings. The summed E-state index contributed by atoms with van der Waals surface area (Å²) in [6.45, 7) is 0. The van der Waals surface area contributed by atoms with Gasteiger partial charge in [-0.25, -0.2) is 0 Å². The second-order valence-corrected chi connectivity index (χ2v) is 13.2. The van der Waals surface area contributed by atoms with Gasteiger partial charge in [-0.1, -0.05) is 54.6 Å². The Hall–Kier alpha value is -6.03. The number of para-hydroxylation sites is 5. The van der Waals surface area contributed by atoms with Gasteiger partial charge in [0, 0.05) is 5.39 Å². The van der Waals surface area contributed by atoms with Crippen molar-refractivity contribution in [1.29, 1.82) is 0 Å². The third-order valence-corrected chi connectivity index (χ3v) is 10.3. The van der Waals surface area contributed by atoms with Gasteiger partial charge in [0.1, 0.15) is 0 Å². The molecule has 0 N–H and O–H groups in total. The van der Waals surface area contributed by atoms with Crippen molar-refractivity contribution in [2.45, 2.75) is 0 Å². The Balaban J connectivity index is 1.12.